The van der Waals surface area contributed by atoms with E-state index in [2.05, 4.69) is 10.6 Å². The van der Waals surface area contributed by atoms with Gasteiger partial charge in [-0.2, -0.15) is 0 Å². The number of amides is 1. The predicted molar refractivity (Wildman–Crippen MR) is 174 cm³/mol. The first-order chi connectivity index (χ1) is 24.0. The summed E-state index contributed by atoms with van der Waals surface area (Å²) in [5.41, 5.74) is -2.88. The van der Waals surface area contributed by atoms with Gasteiger partial charge in [-0.1, -0.05) is 6.07 Å². The van der Waals surface area contributed by atoms with Gasteiger partial charge in [-0.05, 0) is 56.6 Å². The molecule has 8 atom stereocenters. The van der Waals surface area contributed by atoms with Crippen molar-refractivity contribution >= 4 is 23.4 Å². The van der Waals surface area contributed by atoms with Crippen molar-refractivity contribution in [3.8, 4) is 34.1 Å². The molecule has 1 heterocycles. The fourth-order valence-electron chi connectivity index (χ4n) is 7.10. The number of rotatable bonds is 7. The molecule has 1 unspecified atom stereocenters. The van der Waals surface area contributed by atoms with Gasteiger partial charge < -0.3 is 60.6 Å². The van der Waals surface area contributed by atoms with E-state index >= 15 is 0 Å². The van der Waals surface area contributed by atoms with Crippen LogP contribution in [0.3, 0.4) is 0 Å². The van der Waals surface area contributed by atoms with Gasteiger partial charge in [0.15, 0.2) is 17.9 Å². The minimum atomic E-state index is -1.80. The van der Waals surface area contributed by atoms with E-state index in [1.807, 2.05) is 0 Å². The van der Waals surface area contributed by atoms with Gasteiger partial charge in [0.1, 0.15) is 53.5 Å². The molecule has 1 amide bonds. The number of aliphatic carboxylic acids is 1. The largest absolute Gasteiger partial charge is 0.507 e. The first-order valence-electron chi connectivity index (χ1n) is 15.9. The van der Waals surface area contributed by atoms with Gasteiger partial charge >= 0.3 is 5.97 Å². The van der Waals surface area contributed by atoms with Crippen LogP contribution in [0, 0.1) is 6.92 Å². The molecule has 270 valence electrons. The zero-order valence-electron chi connectivity index (χ0n) is 27.9. The molecule has 16 nitrogen and oxygen atoms in total. The van der Waals surface area contributed by atoms with Crippen LogP contribution in [0.1, 0.15) is 84.9 Å². The van der Waals surface area contributed by atoms with Crippen molar-refractivity contribution in [2.24, 2.45) is 0 Å². The standard InChI is InChI=1S/C35H36N2O14/c1-10-6-17-22(28(42)19(10)33(46)37-11(2)34(47)48)21-15(27(41)32(17)51-35-31(45)30(44)24(36-4)12(3)50-35)9-16-23(29(21)43)26(40)14-7-13(49-5)8-18(38)20(14)25(16)39/h6-9,11-12,24,27,30-32,35-36,38,41-45H,1-5H3,(H,37,46)(H,47,48)/t11?,12-,24+,27+,30+,31-,32+,35+/m1/s1. The molecule has 51 heavy (non-hydrogen) atoms. The molecule has 3 aromatic carbocycles. The number of benzene rings is 3. The van der Waals surface area contributed by atoms with Gasteiger partial charge in [-0.15, -0.1) is 0 Å². The van der Waals surface area contributed by atoms with Crippen molar-refractivity contribution in [2.45, 2.75) is 69.7 Å². The highest BCUT2D eigenvalue weighted by Crippen LogP contribution is 2.57. The number of hydrogen-bond acceptors (Lipinski definition) is 14. The average Bonchev–Trinajstić information content (AvgIpc) is 3.07. The van der Waals surface area contributed by atoms with Gasteiger partial charge in [0.2, 0.25) is 0 Å². The second kappa shape index (κ2) is 12.9. The van der Waals surface area contributed by atoms with Crippen LogP contribution in [0.15, 0.2) is 24.3 Å². The Hall–Kier alpha value is -5.10. The van der Waals surface area contributed by atoms with E-state index in [-0.39, 0.29) is 44.7 Å². The van der Waals surface area contributed by atoms with E-state index in [1.165, 1.54) is 33.1 Å². The van der Waals surface area contributed by atoms with Crippen molar-refractivity contribution in [3.05, 3.63) is 68.8 Å². The Bertz CT molecular complexity index is 2010. The van der Waals surface area contributed by atoms with Crippen LogP contribution in [0.2, 0.25) is 0 Å². The zero-order chi connectivity index (χ0) is 37.4. The van der Waals surface area contributed by atoms with E-state index < -0.39 is 106 Å². The van der Waals surface area contributed by atoms with Crippen molar-refractivity contribution in [1.82, 2.24) is 10.6 Å². The second-order valence-corrected chi connectivity index (χ2v) is 12.8. The van der Waals surface area contributed by atoms with Crippen LogP contribution in [0.5, 0.6) is 23.0 Å². The van der Waals surface area contributed by atoms with Gasteiger partial charge in [0.25, 0.3) is 5.91 Å². The molecule has 1 aliphatic heterocycles. The Balaban J connectivity index is 1.58. The SMILES string of the molecule is CN[C@@H]1[C@H](O)[C@@H](O)[C@H](O[C@H]2c3cc(C)c(C(=O)NC(C)C(=O)O)c(O)c3-c3c(cc4c(c3O)C(=O)c3cc(OC)cc(O)c3C4=O)[C@@H]2O)O[C@@H]1C. The number of carbonyl (C=O) groups is 4. The number of phenolic OH excluding ortho intramolecular Hbond substituents is 3. The number of fused-ring (bicyclic) bond motifs is 5. The molecule has 3 aromatic rings. The lowest BCUT2D eigenvalue weighted by molar-refractivity contribution is -0.295. The van der Waals surface area contributed by atoms with Gasteiger partial charge in [0.05, 0.1) is 35.9 Å². The number of ether oxygens (including phenoxy) is 3. The lowest BCUT2D eigenvalue weighted by Crippen LogP contribution is -2.61. The molecule has 1 fully saturated rings. The quantitative estimate of drug-likeness (QED) is 0.129. The maximum absolute atomic E-state index is 13.9. The van der Waals surface area contributed by atoms with Crippen LogP contribution >= 0.6 is 0 Å². The molecular weight excluding hydrogens is 672 g/mol. The molecule has 3 aliphatic rings. The fourth-order valence-corrected chi connectivity index (χ4v) is 7.10. The van der Waals surface area contributed by atoms with E-state index in [0.29, 0.717) is 0 Å². The number of ketones is 2. The molecule has 2 aliphatic carbocycles. The summed E-state index contributed by atoms with van der Waals surface area (Å²) in [4.78, 5) is 52.7. The topological polar surface area (TPSA) is 262 Å². The highest BCUT2D eigenvalue weighted by atomic mass is 16.7. The summed E-state index contributed by atoms with van der Waals surface area (Å²) in [5.74, 6) is -6.33. The average molecular weight is 709 g/mol. The number of aliphatic hydroxyl groups excluding tert-OH is 3. The second-order valence-electron chi connectivity index (χ2n) is 12.8. The third kappa shape index (κ3) is 5.47. The number of likely N-dealkylation sites (N-methyl/N-ethyl adjacent to an activating group) is 1. The summed E-state index contributed by atoms with van der Waals surface area (Å²) < 4.78 is 17.1. The predicted octanol–water partition coefficient (Wildman–Crippen LogP) is 0.925. The van der Waals surface area contributed by atoms with Crippen LogP contribution in [-0.4, -0.2) is 110 Å². The lowest BCUT2D eigenvalue weighted by atomic mass is 9.74. The number of carboxylic acid groups (broad SMARTS) is 1. The minimum absolute atomic E-state index is 0.0426. The smallest absolute Gasteiger partial charge is 0.325 e. The number of phenols is 3. The summed E-state index contributed by atoms with van der Waals surface area (Å²) in [6.07, 6.45) is -8.68. The first kappa shape index (κ1) is 35.7. The Morgan fingerprint density at radius 3 is 2.14 bits per heavy atom. The molecule has 6 rings (SSSR count). The molecule has 0 saturated carbocycles. The molecule has 0 bridgehead atoms. The van der Waals surface area contributed by atoms with Gasteiger partial charge in [0, 0.05) is 28.3 Å². The molecule has 1 saturated heterocycles. The third-order valence-corrected chi connectivity index (χ3v) is 9.70. The van der Waals surface area contributed by atoms with E-state index in [1.54, 1.807) is 14.0 Å². The fraction of sp³-hybridized carbons (Fsp3) is 0.371. The lowest BCUT2D eigenvalue weighted by Gasteiger charge is -2.44. The first-order valence-corrected chi connectivity index (χ1v) is 15.9. The van der Waals surface area contributed by atoms with Gasteiger partial charge in [-0.25, -0.2) is 0 Å². The van der Waals surface area contributed by atoms with E-state index in [0.717, 1.165) is 12.1 Å². The van der Waals surface area contributed by atoms with Crippen LogP contribution in [0.4, 0.5) is 0 Å². The van der Waals surface area contributed by atoms with Crippen molar-refractivity contribution in [2.75, 3.05) is 14.2 Å². The number of methoxy groups -OCH3 is 1. The normalized spacial score (nSPS) is 25.6. The Labute approximate surface area is 289 Å². The number of nitrogens with one attached hydrogen (secondary N) is 2. The summed E-state index contributed by atoms with van der Waals surface area (Å²) in [6.45, 7) is 4.23. The molecule has 0 aromatic heterocycles. The number of aromatic hydroxyl groups is 3. The number of carbonyl (C=O) groups excluding carboxylic acids is 3. The Kier molecular flexibility index (Phi) is 9.03. The molecule has 0 spiro atoms. The van der Waals surface area contributed by atoms with Crippen LogP contribution in [-0.2, 0) is 14.3 Å². The minimum Gasteiger partial charge on any atom is -0.507 e. The number of aliphatic hydroxyl groups is 3. The molecule has 9 N–H and O–H groups in total. The maximum Gasteiger partial charge on any atom is 0.325 e. The Morgan fingerprint density at radius 1 is 0.882 bits per heavy atom. The molecule has 16 heteroatoms. The monoisotopic (exact) mass is 708 g/mol. The Morgan fingerprint density at radius 2 is 1.51 bits per heavy atom. The number of hydrogen-bond donors (Lipinski definition) is 9. The van der Waals surface area contributed by atoms with Crippen LogP contribution in [0.25, 0.3) is 11.1 Å². The summed E-state index contributed by atoms with van der Waals surface area (Å²) in [5, 5.41) is 82.5. The number of aryl methyl sites for hydroxylation is 1. The third-order valence-electron chi connectivity index (χ3n) is 9.70. The molecule has 0 radical (unpaired) electrons. The van der Waals surface area contributed by atoms with E-state index in [4.69, 9.17) is 14.2 Å². The molecular formula is C35H36N2O14. The summed E-state index contributed by atoms with van der Waals surface area (Å²) in [7, 11) is 2.84. The number of carboxylic acids is 1. The van der Waals surface area contributed by atoms with Gasteiger partial charge in [-0.3, -0.25) is 19.2 Å². The van der Waals surface area contributed by atoms with Crippen molar-refractivity contribution in [3.63, 3.8) is 0 Å². The highest BCUT2D eigenvalue weighted by molar-refractivity contribution is 6.31. The highest BCUT2D eigenvalue weighted by Gasteiger charge is 2.48. The van der Waals surface area contributed by atoms with Crippen LogP contribution < -0.4 is 15.4 Å². The van der Waals surface area contributed by atoms with Crippen molar-refractivity contribution in [1.29, 1.82) is 0 Å². The van der Waals surface area contributed by atoms with E-state index in [9.17, 15) is 54.9 Å². The van der Waals surface area contributed by atoms with Crippen molar-refractivity contribution < 1.29 is 69.1 Å². The summed E-state index contributed by atoms with van der Waals surface area (Å²) >= 11 is 0. The maximum atomic E-state index is 13.9. The summed E-state index contributed by atoms with van der Waals surface area (Å²) in [6, 6.07) is 2.69. The zero-order valence-corrected chi connectivity index (χ0v) is 27.9.